The predicted molar refractivity (Wildman–Crippen MR) is 101 cm³/mol. The Morgan fingerprint density at radius 3 is 2.61 bits per heavy atom. The molecule has 4 nitrogen and oxygen atoms in total. The lowest BCUT2D eigenvalue weighted by Gasteiger charge is -2.25. The molecule has 1 amide bonds. The van der Waals surface area contributed by atoms with E-state index in [-0.39, 0.29) is 35.3 Å². The van der Waals surface area contributed by atoms with Crippen LogP contribution in [-0.2, 0) is 9.53 Å². The third-order valence-corrected chi connectivity index (χ3v) is 5.29. The van der Waals surface area contributed by atoms with Crippen molar-refractivity contribution in [3.8, 4) is 0 Å². The van der Waals surface area contributed by atoms with Gasteiger partial charge in [0.1, 0.15) is 6.10 Å². The van der Waals surface area contributed by atoms with Gasteiger partial charge in [0.15, 0.2) is 0 Å². The fraction of sp³-hybridized carbons (Fsp3) is 0.562. The van der Waals surface area contributed by atoms with E-state index in [9.17, 15) is 4.79 Å². The highest BCUT2D eigenvalue weighted by molar-refractivity contribution is 9.10. The molecule has 2 atom stereocenters. The Balaban J connectivity index is 0.00000264. The van der Waals surface area contributed by atoms with Crippen LogP contribution in [0.2, 0.25) is 0 Å². The number of carbonyl (C=O) groups is 1. The number of carbonyl (C=O) groups excluding carboxylic acids is 1. The summed E-state index contributed by atoms with van der Waals surface area (Å²) < 4.78 is 6.60. The second-order valence-electron chi connectivity index (χ2n) is 6.09. The topological polar surface area (TPSA) is 64.4 Å². The molecular weight excluding hydrogens is 400 g/mol. The Kier molecular flexibility index (Phi) is 8.38. The van der Waals surface area contributed by atoms with Gasteiger partial charge in [-0.15, -0.1) is 24.2 Å². The lowest BCUT2D eigenvalue weighted by molar-refractivity contribution is -0.131. The molecular formula is C16H24BrClN2O2S. The number of hydrogen-bond donors (Lipinski definition) is 2. The van der Waals surface area contributed by atoms with Gasteiger partial charge in [0, 0.05) is 27.2 Å². The second-order valence-corrected chi connectivity index (χ2v) is 8.79. The van der Waals surface area contributed by atoms with E-state index in [4.69, 9.17) is 10.5 Å². The molecule has 0 aliphatic carbocycles. The number of halogens is 2. The van der Waals surface area contributed by atoms with E-state index in [0.717, 1.165) is 17.3 Å². The SMILES string of the molecule is CC(C)(CNC(=O)[C@@H]1CC[C@H](CN)O1)Sc1ccc(Br)cc1.Cl. The quantitative estimate of drug-likeness (QED) is 0.689. The molecule has 0 bridgehead atoms. The molecule has 0 aromatic heterocycles. The molecule has 130 valence electrons. The minimum absolute atomic E-state index is 0. The minimum atomic E-state index is -0.345. The van der Waals surface area contributed by atoms with Gasteiger partial charge in [-0.05, 0) is 51.0 Å². The summed E-state index contributed by atoms with van der Waals surface area (Å²) in [6.45, 7) is 5.32. The van der Waals surface area contributed by atoms with Crippen LogP contribution in [-0.4, -0.2) is 36.0 Å². The van der Waals surface area contributed by atoms with Gasteiger partial charge in [0.25, 0.3) is 0 Å². The number of ether oxygens (including phenoxy) is 1. The van der Waals surface area contributed by atoms with Crippen LogP contribution in [0, 0.1) is 0 Å². The number of benzene rings is 1. The standard InChI is InChI=1S/C16H23BrN2O2S.ClH/c1-16(2,22-13-6-3-11(17)4-7-13)10-19-15(20)14-8-5-12(9-18)21-14;/h3-4,6-7,12,14H,5,8-10,18H2,1-2H3,(H,19,20);1H/t12-,14+;/m1./s1. The summed E-state index contributed by atoms with van der Waals surface area (Å²) >= 11 is 5.18. The van der Waals surface area contributed by atoms with Crippen LogP contribution >= 0.6 is 40.1 Å². The van der Waals surface area contributed by atoms with Gasteiger partial charge < -0.3 is 15.8 Å². The Labute approximate surface area is 156 Å². The average molecular weight is 424 g/mol. The van der Waals surface area contributed by atoms with Crippen molar-refractivity contribution in [2.75, 3.05) is 13.1 Å². The van der Waals surface area contributed by atoms with Crippen molar-refractivity contribution in [2.45, 2.75) is 48.5 Å². The summed E-state index contributed by atoms with van der Waals surface area (Å²) in [4.78, 5) is 13.3. The van der Waals surface area contributed by atoms with Crippen LogP contribution in [0.4, 0.5) is 0 Å². The molecule has 1 saturated heterocycles. The molecule has 1 aliphatic heterocycles. The van der Waals surface area contributed by atoms with Crippen LogP contribution in [0.15, 0.2) is 33.6 Å². The van der Waals surface area contributed by atoms with Crippen molar-refractivity contribution in [1.82, 2.24) is 5.32 Å². The molecule has 23 heavy (non-hydrogen) atoms. The van der Waals surface area contributed by atoms with E-state index < -0.39 is 0 Å². The molecule has 2 rings (SSSR count). The molecule has 0 unspecified atom stereocenters. The zero-order valence-corrected chi connectivity index (χ0v) is 16.6. The lowest BCUT2D eigenvalue weighted by atomic mass is 10.1. The fourth-order valence-corrected chi connectivity index (χ4v) is 3.66. The first-order chi connectivity index (χ1) is 10.4. The van der Waals surface area contributed by atoms with Crippen molar-refractivity contribution in [2.24, 2.45) is 5.73 Å². The molecule has 7 heteroatoms. The monoisotopic (exact) mass is 422 g/mol. The normalized spacial score (nSPS) is 20.9. The van der Waals surface area contributed by atoms with Crippen molar-refractivity contribution in [3.05, 3.63) is 28.7 Å². The van der Waals surface area contributed by atoms with E-state index in [1.165, 1.54) is 4.90 Å². The number of nitrogens with one attached hydrogen (secondary N) is 1. The molecule has 0 radical (unpaired) electrons. The van der Waals surface area contributed by atoms with Gasteiger partial charge in [-0.2, -0.15) is 0 Å². The smallest absolute Gasteiger partial charge is 0.249 e. The van der Waals surface area contributed by atoms with E-state index >= 15 is 0 Å². The molecule has 1 heterocycles. The second kappa shape index (κ2) is 9.28. The lowest BCUT2D eigenvalue weighted by Crippen LogP contribution is -2.41. The highest BCUT2D eigenvalue weighted by Gasteiger charge is 2.31. The van der Waals surface area contributed by atoms with E-state index in [1.54, 1.807) is 11.8 Å². The molecule has 3 N–H and O–H groups in total. The zero-order valence-electron chi connectivity index (χ0n) is 13.4. The maximum atomic E-state index is 12.2. The van der Waals surface area contributed by atoms with Gasteiger partial charge in [-0.1, -0.05) is 15.9 Å². The van der Waals surface area contributed by atoms with Crippen LogP contribution in [0.5, 0.6) is 0 Å². The van der Waals surface area contributed by atoms with E-state index in [2.05, 4.69) is 47.2 Å². The van der Waals surface area contributed by atoms with Crippen molar-refractivity contribution in [3.63, 3.8) is 0 Å². The number of nitrogens with two attached hydrogens (primary N) is 1. The molecule has 1 aromatic carbocycles. The van der Waals surface area contributed by atoms with Crippen LogP contribution in [0.25, 0.3) is 0 Å². The number of hydrogen-bond acceptors (Lipinski definition) is 4. The summed E-state index contributed by atoms with van der Waals surface area (Å²) in [6, 6.07) is 8.20. The van der Waals surface area contributed by atoms with E-state index in [0.29, 0.717) is 13.1 Å². The van der Waals surface area contributed by atoms with Crippen molar-refractivity contribution < 1.29 is 9.53 Å². The average Bonchev–Trinajstić information content (AvgIpc) is 2.96. The Hall–Kier alpha value is -0.270. The molecule has 1 aromatic rings. The summed E-state index contributed by atoms with van der Waals surface area (Å²) in [5.74, 6) is -0.0274. The third-order valence-electron chi connectivity index (χ3n) is 3.56. The van der Waals surface area contributed by atoms with Gasteiger partial charge in [0.2, 0.25) is 5.91 Å². The van der Waals surface area contributed by atoms with Gasteiger partial charge in [-0.25, -0.2) is 0 Å². The maximum Gasteiger partial charge on any atom is 0.249 e. The van der Waals surface area contributed by atoms with Crippen molar-refractivity contribution in [1.29, 1.82) is 0 Å². The van der Waals surface area contributed by atoms with Crippen LogP contribution in [0.3, 0.4) is 0 Å². The van der Waals surface area contributed by atoms with Crippen LogP contribution < -0.4 is 11.1 Å². The molecule has 1 aliphatic rings. The Morgan fingerprint density at radius 1 is 1.39 bits per heavy atom. The highest BCUT2D eigenvalue weighted by Crippen LogP contribution is 2.32. The molecule has 0 spiro atoms. The number of rotatable bonds is 6. The molecule has 0 saturated carbocycles. The summed E-state index contributed by atoms with van der Waals surface area (Å²) in [6.07, 6.45) is 1.31. The predicted octanol–water partition coefficient (Wildman–Crippen LogP) is 3.36. The molecule has 1 fully saturated rings. The minimum Gasteiger partial charge on any atom is -0.364 e. The first kappa shape index (κ1) is 20.8. The van der Waals surface area contributed by atoms with Gasteiger partial charge in [-0.3, -0.25) is 4.79 Å². The van der Waals surface area contributed by atoms with E-state index in [1.807, 2.05) is 12.1 Å². The largest absolute Gasteiger partial charge is 0.364 e. The number of thioether (sulfide) groups is 1. The summed E-state index contributed by atoms with van der Waals surface area (Å²) in [7, 11) is 0. The fourth-order valence-electron chi connectivity index (χ4n) is 2.34. The highest BCUT2D eigenvalue weighted by atomic mass is 79.9. The van der Waals surface area contributed by atoms with Gasteiger partial charge >= 0.3 is 0 Å². The number of amides is 1. The van der Waals surface area contributed by atoms with Gasteiger partial charge in [0.05, 0.1) is 6.10 Å². The Bertz CT molecular complexity index is 513. The summed E-state index contributed by atoms with van der Waals surface area (Å²) in [5, 5.41) is 3.01. The Morgan fingerprint density at radius 2 is 2.04 bits per heavy atom. The zero-order chi connectivity index (χ0) is 16.2. The first-order valence-electron chi connectivity index (χ1n) is 7.47. The van der Waals surface area contributed by atoms with Crippen molar-refractivity contribution >= 4 is 46.0 Å². The first-order valence-corrected chi connectivity index (χ1v) is 9.08. The third kappa shape index (κ3) is 6.63. The maximum absolute atomic E-state index is 12.2. The van der Waals surface area contributed by atoms with Crippen LogP contribution in [0.1, 0.15) is 26.7 Å². The summed E-state index contributed by atoms with van der Waals surface area (Å²) in [5.41, 5.74) is 5.57.